The van der Waals surface area contributed by atoms with Crippen LogP contribution < -0.4 is 16.2 Å². The number of amides is 1. The molecule has 0 aliphatic heterocycles. The summed E-state index contributed by atoms with van der Waals surface area (Å²) in [4.78, 5) is 24.3. The third-order valence-corrected chi connectivity index (χ3v) is 4.83. The maximum atomic E-state index is 12.1. The average Bonchev–Trinajstić information content (AvgIpc) is 3.05. The minimum Gasteiger partial charge on any atom is -0.331 e. The summed E-state index contributed by atoms with van der Waals surface area (Å²) < 4.78 is 0. The van der Waals surface area contributed by atoms with Crippen LogP contribution in [-0.2, 0) is 6.42 Å². The van der Waals surface area contributed by atoms with Crippen LogP contribution in [0.15, 0.2) is 30.3 Å². The van der Waals surface area contributed by atoms with Gasteiger partial charge in [0, 0.05) is 5.69 Å². The molecule has 0 radical (unpaired) electrons. The Kier molecular flexibility index (Phi) is 6.05. The van der Waals surface area contributed by atoms with Gasteiger partial charge < -0.3 is 5.32 Å². The van der Waals surface area contributed by atoms with E-state index in [2.05, 4.69) is 23.1 Å². The number of thiophene rings is 1. The molecule has 7 heteroatoms. The molecule has 0 atom stereocenters. The molecule has 0 saturated heterocycles. The number of hydrogen-bond acceptors (Lipinski definition) is 4. The lowest BCUT2D eigenvalue weighted by Crippen LogP contribution is -2.43. The molecule has 1 heterocycles. The van der Waals surface area contributed by atoms with Crippen LogP contribution in [0.1, 0.15) is 44.3 Å². The van der Waals surface area contributed by atoms with E-state index < -0.39 is 0 Å². The number of hydrogen-bond donors (Lipinski definition) is 3. The van der Waals surface area contributed by atoms with Crippen LogP contribution in [0.25, 0.3) is 0 Å². The third kappa shape index (κ3) is 4.39. The summed E-state index contributed by atoms with van der Waals surface area (Å²) in [5.74, 6) is -0.395. The van der Waals surface area contributed by atoms with Crippen molar-refractivity contribution in [3.05, 3.63) is 51.2 Å². The second kappa shape index (κ2) is 8.03. The number of thiocarbonyl (C=S) groups is 1. The first kappa shape index (κ1) is 18.1. The van der Waals surface area contributed by atoms with Crippen molar-refractivity contribution in [3.8, 4) is 0 Å². The summed E-state index contributed by atoms with van der Waals surface area (Å²) in [6.45, 7) is 5.54. The minimum absolute atomic E-state index is 0.0594. The molecular formula is C17H19N3O2S2. The Hall–Kier alpha value is -2.25. The first-order chi connectivity index (χ1) is 11.4. The monoisotopic (exact) mass is 361 g/mol. The van der Waals surface area contributed by atoms with Crippen LogP contribution in [0, 0.1) is 6.92 Å². The number of anilines is 1. The molecule has 5 nitrogen and oxygen atoms in total. The van der Waals surface area contributed by atoms with E-state index in [1.165, 1.54) is 6.92 Å². The summed E-state index contributed by atoms with van der Waals surface area (Å²) >= 11 is 6.38. The van der Waals surface area contributed by atoms with Gasteiger partial charge in [0.2, 0.25) is 0 Å². The highest BCUT2D eigenvalue weighted by Gasteiger charge is 2.12. The van der Waals surface area contributed by atoms with Crippen molar-refractivity contribution < 1.29 is 9.59 Å². The van der Waals surface area contributed by atoms with Crippen LogP contribution in [0.4, 0.5) is 5.69 Å². The molecule has 0 aliphatic carbocycles. The van der Waals surface area contributed by atoms with E-state index >= 15 is 0 Å². The fourth-order valence-corrected chi connectivity index (χ4v) is 3.12. The van der Waals surface area contributed by atoms with Crippen LogP contribution in [-0.4, -0.2) is 16.8 Å². The summed E-state index contributed by atoms with van der Waals surface area (Å²) in [7, 11) is 0. The highest BCUT2D eigenvalue weighted by atomic mass is 32.1. The molecule has 0 bridgehead atoms. The molecule has 1 aromatic carbocycles. The molecule has 1 amide bonds. The quantitative estimate of drug-likeness (QED) is 0.442. The van der Waals surface area contributed by atoms with Crippen molar-refractivity contribution in [2.75, 3.05) is 5.32 Å². The molecular weight excluding hydrogens is 342 g/mol. The zero-order chi connectivity index (χ0) is 17.7. The predicted molar refractivity (Wildman–Crippen MR) is 102 cm³/mol. The van der Waals surface area contributed by atoms with Crippen molar-refractivity contribution in [2.24, 2.45) is 0 Å². The van der Waals surface area contributed by atoms with Crippen molar-refractivity contribution in [2.45, 2.75) is 27.2 Å². The zero-order valence-electron chi connectivity index (χ0n) is 13.7. The second-order valence-corrected chi connectivity index (χ2v) is 6.71. The lowest BCUT2D eigenvalue weighted by molar-refractivity contribution is 0.0947. The fourth-order valence-electron chi connectivity index (χ4n) is 2.17. The number of benzene rings is 1. The summed E-state index contributed by atoms with van der Waals surface area (Å²) in [5, 5.41) is 3.42. The Morgan fingerprint density at radius 1 is 1.12 bits per heavy atom. The Bertz CT molecular complexity index is 784. The minimum atomic E-state index is -0.336. The molecule has 24 heavy (non-hydrogen) atoms. The topological polar surface area (TPSA) is 70.2 Å². The molecule has 0 spiro atoms. The number of aryl methyl sites for hydroxylation is 2. The van der Waals surface area contributed by atoms with Crippen LogP contribution in [0.5, 0.6) is 0 Å². The van der Waals surface area contributed by atoms with Gasteiger partial charge in [0.05, 0.1) is 9.75 Å². The molecule has 126 valence electrons. The molecule has 0 fully saturated rings. The van der Waals surface area contributed by atoms with Gasteiger partial charge in [-0.1, -0.05) is 25.1 Å². The third-order valence-electron chi connectivity index (χ3n) is 3.44. The highest BCUT2D eigenvalue weighted by Crippen LogP contribution is 2.21. The molecule has 1 aromatic heterocycles. The van der Waals surface area contributed by atoms with E-state index in [9.17, 15) is 9.59 Å². The van der Waals surface area contributed by atoms with Gasteiger partial charge in [0.15, 0.2) is 10.9 Å². The molecule has 0 saturated carbocycles. The Balaban J connectivity index is 1.96. The van der Waals surface area contributed by atoms with Crippen molar-refractivity contribution in [3.63, 3.8) is 0 Å². The number of carbonyl (C=O) groups is 2. The molecule has 2 rings (SSSR count). The SMILES string of the molecule is CCc1cccc(C)c1NC(=S)NNC(=O)c1ccc(C(C)=O)s1. The average molecular weight is 361 g/mol. The number of nitrogens with one attached hydrogen (secondary N) is 3. The highest BCUT2D eigenvalue weighted by molar-refractivity contribution is 7.80. The van der Waals surface area contributed by atoms with Gasteiger partial charge in [-0.25, -0.2) is 0 Å². The number of rotatable bonds is 4. The van der Waals surface area contributed by atoms with E-state index in [0.717, 1.165) is 34.6 Å². The van der Waals surface area contributed by atoms with Crippen LogP contribution in [0.2, 0.25) is 0 Å². The number of ketones is 1. The Labute approximate surface area is 150 Å². The van der Waals surface area contributed by atoms with Gasteiger partial charge in [-0.2, -0.15) is 0 Å². The van der Waals surface area contributed by atoms with Crippen molar-refractivity contribution in [1.82, 2.24) is 10.9 Å². The molecule has 2 aromatic rings. The maximum Gasteiger partial charge on any atom is 0.279 e. The summed E-state index contributed by atoms with van der Waals surface area (Å²) in [6.07, 6.45) is 0.877. The maximum absolute atomic E-state index is 12.1. The molecule has 3 N–H and O–H groups in total. The number of para-hydroxylation sites is 1. The van der Waals surface area contributed by atoms with E-state index in [1.807, 2.05) is 25.1 Å². The fraction of sp³-hybridized carbons (Fsp3) is 0.235. The molecule has 0 unspecified atom stereocenters. The van der Waals surface area contributed by atoms with Gasteiger partial charge in [0.1, 0.15) is 0 Å². The molecule has 0 aliphatic rings. The Morgan fingerprint density at radius 3 is 2.46 bits per heavy atom. The number of carbonyl (C=O) groups excluding carboxylic acids is 2. The van der Waals surface area contributed by atoms with E-state index in [-0.39, 0.29) is 11.7 Å². The van der Waals surface area contributed by atoms with Gasteiger partial charge in [-0.05, 0) is 55.7 Å². The standard InChI is InChI=1S/C17H19N3O2S2/c1-4-12-7-5-6-10(2)15(12)18-17(23)20-19-16(22)14-9-8-13(24-14)11(3)21/h5-9H,4H2,1-3H3,(H,19,22)(H2,18,20,23). The van der Waals surface area contributed by atoms with Gasteiger partial charge in [-0.15, -0.1) is 11.3 Å². The predicted octanol–water partition coefficient (Wildman–Crippen LogP) is 3.45. The zero-order valence-corrected chi connectivity index (χ0v) is 15.4. The first-order valence-corrected chi connectivity index (χ1v) is 8.71. The van der Waals surface area contributed by atoms with Gasteiger partial charge in [-0.3, -0.25) is 20.4 Å². The van der Waals surface area contributed by atoms with E-state index in [0.29, 0.717) is 14.9 Å². The van der Waals surface area contributed by atoms with E-state index in [4.69, 9.17) is 12.2 Å². The summed E-state index contributed by atoms with van der Waals surface area (Å²) in [5.41, 5.74) is 8.40. The largest absolute Gasteiger partial charge is 0.331 e. The first-order valence-electron chi connectivity index (χ1n) is 7.49. The number of hydrazine groups is 1. The van der Waals surface area contributed by atoms with Crippen LogP contribution >= 0.6 is 23.6 Å². The summed E-state index contributed by atoms with van der Waals surface area (Å²) in [6, 6.07) is 9.29. The van der Waals surface area contributed by atoms with Crippen LogP contribution in [0.3, 0.4) is 0 Å². The lowest BCUT2D eigenvalue weighted by Gasteiger charge is -2.16. The number of Topliss-reactive ketones (excluding diaryl/α,β-unsaturated/α-hetero) is 1. The smallest absolute Gasteiger partial charge is 0.279 e. The van der Waals surface area contributed by atoms with E-state index in [1.54, 1.807) is 12.1 Å². The normalized spacial score (nSPS) is 10.1. The Morgan fingerprint density at radius 2 is 1.83 bits per heavy atom. The van der Waals surface area contributed by atoms with Crippen molar-refractivity contribution >= 4 is 46.0 Å². The van der Waals surface area contributed by atoms with Gasteiger partial charge in [0.25, 0.3) is 5.91 Å². The van der Waals surface area contributed by atoms with Gasteiger partial charge >= 0.3 is 0 Å². The van der Waals surface area contributed by atoms with Crippen molar-refractivity contribution in [1.29, 1.82) is 0 Å². The lowest BCUT2D eigenvalue weighted by atomic mass is 10.1. The second-order valence-electron chi connectivity index (χ2n) is 5.22.